The lowest BCUT2D eigenvalue weighted by molar-refractivity contribution is 0.278. The summed E-state index contributed by atoms with van der Waals surface area (Å²) in [6.07, 6.45) is 7.26. The molecule has 0 saturated carbocycles. The Hall–Kier alpha value is -0.300. The van der Waals surface area contributed by atoms with Crippen molar-refractivity contribution in [1.82, 2.24) is 5.32 Å². The van der Waals surface area contributed by atoms with Gasteiger partial charge in [0.2, 0.25) is 0 Å². The van der Waals surface area contributed by atoms with Gasteiger partial charge in [0.05, 0.1) is 0 Å². The van der Waals surface area contributed by atoms with Crippen LogP contribution in [0.15, 0.2) is 12.7 Å². The number of hydrogen-bond acceptors (Lipinski definition) is 1. The standard InChI is InChI=1S/C18H37N/c1-8-10-15(5)16(6)17(7)19-12-11-18(9-2)13-14(3)4/h9,14-19H,2,8,10-13H2,1,3-7H3. The molecule has 0 aromatic rings. The second-order valence-electron chi connectivity index (χ2n) is 6.78. The van der Waals surface area contributed by atoms with E-state index in [-0.39, 0.29) is 0 Å². The highest BCUT2D eigenvalue weighted by Gasteiger charge is 2.18. The van der Waals surface area contributed by atoms with Gasteiger partial charge in [-0.1, -0.05) is 53.5 Å². The topological polar surface area (TPSA) is 12.0 Å². The molecule has 0 spiro atoms. The maximum atomic E-state index is 3.97. The molecule has 0 aliphatic carbocycles. The molecule has 0 radical (unpaired) electrons. The summed E-state index contributed by atoms with van der Waals surface area (Å²) in [5, 5.41) is 3.71. The molecular weight excluding hydrogens is 230 g/mol. The summed E-state index contributed by atoms with van der Waals surface area (Å²) in [6.45, 7) is 19.1. The van der Waals surface area contributed by atoms with E-state index in [0.717, 1.165) is 24.3 Å². The first kappa shape index (κ1) is 18.7. The van der Waals surface area contributed by atoms with Crippen molar-refractivity contribution in [2.75, 3.05) is 6.54 Å². The highest BCUT2D eigenvalue weighted by Crippen LogP contribution is 2.20. The number of hydrogen-bond donors (Lipinski definition) is 1. The van der Waals surface area contributed by atoms with Crippen LogP contribution in [-0.2, 0) is 0 Å². The van der Waals surface area contributed by atoms with E-state index in [1.54, 1.807) is 0 Å². The molecule has 19 heavy (non-hydrogen) atoms. The van der Waals surface area contributed by atoms with Crippen molar-refractivity contribution >= 4 is 0 Å². The molecule has 0 aliphatic heterocycles. The highest BCUT2D eigenvalue weighted by atomic mass is 14.9. The summed E-state index contributed by atoms with van der Waals surface area (Å²) in [7, 11) is 0. The molecule has 4 atom stereocenters. The first-order valence-corrected chi connectivity index (χ1v) is 8.28. The molecule has 0 aliphatic rings. The van der Waals surface area contributed by atoms with Crippen LogP contribution < -0.4 is 5.32 Å². The van der Waals surface area contributed by atoms with Crippen molar-refractivity contribution in [2.45, 2.75) is 73.3 Å². The molecule has 0 rings (SSSR count). The normalized spacial score (nSPS) is 18.1. The molecule has 0 fully saturated rings. The molecule has 0 saturated heterocycles. The number of nitrogens with one attached hydrogen (secondary N) is 1. The summed E-state index contributed by atoms with van der Waals surface area (Å²) in [5.41, 5.74) is 0. The van der Waals surface area contributed by atoms with Crippen LogP contribution in [0.25, 0.3) is 0 Å². The first-order chi connectivity index (χ1) is 8.92. The lowest BCUT2D eigenvalue weighted by Gasteiger charge is -2.27. The van der Waals surface area contributed by atoms with E-state index in [2.05, 4.69) is 59.5 Å². The summed E-state index contributed by atoms with van der Waals surface area (Å²) in [6, 6.07) is 0.617. The van der Waals surface area contributed by atoms with Gasteiger partial charge in [-0.25, -0.2) is 0 Å². The average Bonchev–Trinajstić information content (AvgIpc) is 2.36. The molecular formula is C18H37N. The van der Waals surface area contributed by atoms with E-state index >= 15 is 0 Å². The Bertz CT molecular complexity index is 222. The van der Waals surface area contributed by atoms with E-state index in [0.29, 0.717) is 12.0 Å². The smallest absolute Gasteiger partial charge is 0.00669 e. The van der Waals surface area contributed by atoms with E-state index in [1.165, 1.54) is 25.7 Å². The average molecular weight is 268 g/mol. The second kappa shape index (κ2) is 10.5. The lowest BCUT2D eigenvalue weighted by Crippen LogP contribution is -2.36. The van der Waals surface area contributed by atoms with Gasteiger partial charge in [0.25, 0.3) is 0 Å². The van der Waals surface area contributed by atoms with E-state index in [1.807, 2.05) is 0 Å². The fourth-order valence-electron chi connectivity index (χ4n) is 2.83. The highest BCUT2D eigenvalue weighted by molar-refractivity contribution is 4.81. The van der Waals surface area contributed by atoms with Gasteiger partial charge in [-0.3, -0.25) is 0 Å². The van der Waals surface area contributed by atoms with Gasteiger partial charge in [0.1, 0.15) is 0 Å². The Morgan fingerprint density at radius 3 is 2.16 bits per heavy atom. The van der Waals surface area contributed by atoms with Gasteiger partial charge >= 0.3 is 0 Å². The summed E-state index contributed by atoms with van der Waals surface area (Å²) in [5.74, 6) is 3.01. The Balaban J connectivity index is 3.94. The van der Waals surface area contributed by atoms with Gasteiger partial charge in [-0.05, 0) is 50.0 Å². The van der Waals surface area contributed by atoms with Crippen molar-refractivity contribution in [3.8, 4) is 0 Å². The zero-order valence-electron chi connectivity index (χ0n) is 14.2. The summed E-state index contributed by atoms with van der Waals surface area (Å²) < 4.78 is 0. The van der Waals surface area contributed by atoms with Gasteiger partial charge < -0.3 is 5.32 Å². The quantitative estimate of drug-likeness (QED) is 0.502. The maximum absolute atomic E-state index is 3.97. The molecule has 0 amide bonds. The van der Waals surface area contributed by atoms with Gasteiger partial charge in [-0.2, -0.15) is 0 Å². The predicted molar refractivity (Wildman–Crippen MR) is 88.5 cm³/mol. The molecule has 0 aromatic heterocycles. The molecule has 4 unspecified atom stereocenters. The zero-order chi connectivity index (χ0) is 14.8. The number of rotatable bonds is 11. The summed E-state index contributed by atoms with van der Waals surface area (Å²) in [4.78, 5) is 0. The van der Waals surface area contributed by atoms with Crippen LogP contribution in [0, 0.1) is 23.7 Å². The monoisotopic (exact) mass is 267 g/mol. The third-order valence-electron chi connectivity index (χ3n) is 4.52. The van der Waals surface area contributed by atoms with Crippen LogP contribution >= 0.6 is 0 Å². The molecule has 1 nitrogen and oxygen atoms in total. The minimum Gasteiger partial charge on any atom is -0.314 e. The Kier molecular flexibility index (Phi) is 10.3. The third-order valence-corrected chi connectivity index (χ3v) is 4.52. The number of allylic oxidation sites excluding steroid dienone is 1. The first-order valence-electron chi connectivity index (χ1n) is 8.28. The van der Waals surface area contributed by atoms with E-state index in [4.69, 9.17) is 0 Å². The van der Waals surface area contributed by atoms with Gasteiger partial charge in [0, 0.05) is 6.04 Å². The van der Waals surface area contributed by atoms with Crippen molar-refractivity contribution in [3.63, 3.8) is 0 Å². The lowest BCUT2D eigenvalue weighted by atomic mass is 9.86. The molecule has 0 bridgehead atoms. The fraction of sp³-hybridized carbons (Fsp3) is 0.889. The molecule has 1 heteroatoms. The summed E-state index contributed by atoms with van der Waals surface area (Å²) >= 11 is 0. The Morgan fingerprint density at radius 1 is 1.05 bits per heavy atom. The zero-order valence-corrected chi connectivity index (χ0v) is 14.2. The minimum absolute atomic E-state index is 0.617. The molecule has 0 aromatic carbocycles. The van der Waals surface area contributed by atoms with Crippen LogP contribution in [0.2, 0.25) is 0 Å². The van der Waals surface area contributed by atoms with Crippen molar-refractivity contribution < 1.29 is 0 Å². The van der Waals surface area contributed by atoms with Crippen molar-refractivity contribution in [2.24, 2.45) is 23.7 Å². The Morgan fingerprint density at radius 2 is 1.68 bits per heavy atom. The largest absolute Gasteiger partial charge is 0.314 e. The fourth-order valence-corrected chi connectivity index (χ4v) is 2.83. The third kappa shape index (κ3) is 8.47. The van der Waals surface area contributed by atoms with Crippen LogP contribution in [0.3, 0.4) is 0 Å². The molecule has 114 valence electrons. The van der Waals surface area contributed by atoms with Crippen molar-refractivity contribution in [1.29, 1.82) is 0 Å². The van der Waals surface area contributed by atoms with Gasteiger partial charge in [0.15, 0.2) is 0 Å². The minimum atomic E-state index is 0.617. The van der Waals surface area contributed by atoms with E-state index in [9.17, 15) is 0 Å². The van der Waals surface area contributed by atoms with Crippen LogP contribution in [0.5, 0.6) is 0 Å². The maximum Gasteiger partial charge on any atom is 0.00669 e. The predicted octanol–water partition coefficient (Wildman–Crippen LogP) is 5.28. The van der Waals surface area contributed by atoms with Crippen LogP contribution in [-0.4, -0.2) is 12.6 Å². The Labute approximate surface area is 122 Å². The molecule has 0 heterocycles. The van der Waals surface area contributed by atoms with Crippen LogP contribution in [0.4, 0.5) is 0 Å². The van der Waals surface area contributed by atoms with E-state index < -0.39 is 0 Å². The SMILES string of the molecule is C=CC(CCNC(C)C(C)C(C)CCC)CC(C)C. The van der Waals surface area contributed by atoms with Crippen molar-refractivity contribution in [3.05, 3.63) is 12.7 Å². The van der Waals surface area contributed by atoms with Gasteiger partial charge in [-0.15, -0.1) is 6.58 Å². The van der Waals surface area contributed by atoms with Crippen LogP contribution in [0.1, 0.15) is 67.2 Å². The second-order valence-corrected chi connectivity index (χ2v) is 6.78. The molecule has 1 N–H and O–H groups in total.